The fourth-order valence-electron chi connectivity index (χ4n) is 0.536. The molecule has 0 saturated heterocycles. The van der Waals surface area contributed by atoms with Crippen molar-refractivity contribution >= 4 is 0 Å². The Kier molecular flexibility index (Phi) is 2.13. The van der Waals surface area contributed by atoms with Crippen LogP contribution >= 0.6 is 0 Å². The van der Waals surface area contributed by atoms with Gasteiger partial charge in [0.2, 0.25) is 5.88 Å². The van der Waals surface area contributed by atoms with E-state index in [9.17, 15) is 0 Å². The first-order valence-corrected chi connectivity index (χ1v) is 3.05. The summed E-state index contributed by atoms with van der Waals surface area (Å²) in [4.78, 5) is 0. The Morgan fingerprint density at radius 3 is 3.22 bits per heavy atom. The monoisotopic (exact) mass is 126 g/mol. The maximum atomic E-state index is 5.18. The first kappa shape index (κ1) is 6.13. The van der Waals surface area contributed by atoms with E-state index in [4.69, 9.17) is 4.74 Å². The quantitative estimate of drug-likeness (QED) is 0.660. The fraction of sp³-hybridized carbons (Fsp3) is 0.500. The third-order valence-corrected chi connectivity index (χ3v) is 0.937. The number of hydrogen-bond acceptors (Lipinski definition) is 2. The number of nitrogens with zero attached hydrogens (tertiary/aromatic N) is 1. The minimum atomic E-state index is 0.747. The number of H-pyrrole nitrogens is 1. The average Bonchev–Trinajstić information content (AvgIpc) is 2.34. The van der Waals surface area contributed by atoms with Crippen LogP contribution in [0.15, 0.2) is 12.3 Å². The van der Waals surface area contributed by atoms with Crippen molar-refractivity contribution < 1.29 is 4.74 Å². The summed E-state index contributed by atoms with van der Waals surface area (Å²) in [5.41, 5.74) is 0. The molecular formula is C6H10N2O. The van der Waals surface area contributed by atoms with Gasteiger partial charge >= 0.3 is 0 Å². The number of ether oxygens (including phenoxy) is 1. The van der Waals surface area contributed by atoms with Gasteiger partial charge in [-0.15, -0.1) is 0 Å². The van der Waals surface area contributed by atoms with Crippen molar-refractivity contribution in [2.75, 3.05) is 6.61 Å². The van der Waals surface area contributed by atoms with Crippen LogP contribution in [-0.4, -0.2) is 16.8 Å². The zero-order valence-corrected chi connectivity index (χ0v) is 5.42. The van der Waals surface area contributed by atoms with E-state index in [2.05, 4.69) is 17.1 Å². The van der Waals surface area contributed by atoms with E-state index in [1.807, 2.05) is 0 Å². The summed E-state index contributed by atoms with van der Waals surface area (Å²) in [7, 11) is 0. The van der Waals surface area contributed by atoms with E-state index in [0.29, 0.717) is 0 Å². The third kappa shape index (κ3) is 1.76. The van der Waals surface area contributed by atoms with Crippen LogP contribution in [0.5, 0.6) is 5.88 Å². The number of nitrogens with one attached hydrogen (secondary N) is 1. The van der Waals surface area contributed by atoms with E-state index in [1.165, 1.54) is 0 Å². The second kappa shape index (κ2) is 3.12. The maximum absolute atomic E-state index is 5.18. The van der Waals surface area contributed by atoms with Crippen LogP contribution < -0.4 is 4.74 Å². The van der Waals surface area contributed by atoms with Gasteiger partial charge in [-0.1, -0.05) is 6.92 Å². The Morgan fingerprint density at radius 1 is 1.78 bits per heavy atom. The molecule has 0 saturated carbocycles. The Labute approximate surface area is 54.0 Å². The van der Waals surface area contributed by atoms with E-state index < -0.39 is 0 Å². The van der Waals surface area contributed by atoms with Gasteiger partial charge in [-0.2, -0.15) is 5.10 Å². The standard InChI is InChI=1S/C6H10N2O/c1-2-5-9-6-3-4-7-8-6/h3-4H,2,5H2,1H3,(H,7,8). The highest BCUT2D eigenvalue weighted by molar-refractivity contribution is 5.03. The van der Waals surface area contributed by atoms with Gasteiger partial charge in [0.25, 0.3) is 0 Å². The van der Waals surface area contributed by atoms with Crippen LogP contribution in [0.1, 0.15) is 13.3 Å². The molecule has 0 spiro atoms. The molecule has 3 nitrogen and oxygen atoms in total. The second-order valence-corrected chi connectivity index (χ2v) is 1.77. The zero-order chi connectivity index (χ0) is 6.53. The first-order chi connectivity index (χ1) is 4.43. The van der Waals surface area contributed by atoms with Crippen LogP contribution in [0.3, 0.4) is 0 Å². The predicted octanol–water partition coefficient (Wildman–Crippen LogP) is 1.20. The molecule has 9 heavy (non-hydrogen) atoms. The SMILES string of the molecule is CCCOc1ccn[nH]1. The van der Waals surface area contributed by atoms with Crippen molar-refractivity contribution in [3.63, 3.8) is 0 Å². The molecule has 1 aromatic heterocycles. The van der Waals surface area contributed by atoms with Crippen molar-refractivity contribution in [3.05, 3.63) is 12.3 Å². The lowest BCUT2D eigenvalue weighted by Gasteiger charge is -1.97. The average molecular weight is 126 g/mol. The lowest BCUT2D eigenvalue weighted by Crippen LogP contribution is -1.94. The predicted molar refractivity (Wildman–Crippen MR) is 34.4 cm³/mol. The van der Waals surface area contributed by atoms with Crippen LogP contribution in [0.2, 0.25) is 0 Å². The highest BCUT2D eigenvalue weighted by atomic mass is 16.5. The van der Waals surface area contributed by atoms with Crippen LogP contribution in [0, 0.1) is 0 Å². The Hall–Kier alpha value is -0.990. The molecular weight excluding hydrogens is 116 g/mol. The molecule has 50 valence electrons. The second-order valence-electron chi connectivity index (χ2n) is 1.77. The molecule has 1 heterocycles. The topological polar surface area (TPSA) is 37.9 Å². The molecule has 0 amide bonds. The molecule has 0 bridgehead atoms. The number of rotatable bonds is 3. The normalized spacial score (nSPS) is 9.44. The van der Waals surface area contributed by atoms with Gasteiger partial charge in [0, 0.05) is 6.07 Å². The highest BCUT2D eigenvalue weighted by Crippen LogP contribution is 2.01. The van der Waals surface area contributed by atoms with Crippen LogP contribution in [-0.2, 0) is 0 Å². The molecule has 0 unspecified atom stereocenters. The molecule has 1 aromatic rings. The fourth-order valence-corrected chi connectivity index (χ4v) is 0.536. The summed E-state index contributed by atoms with van der Waals surface area (Å²) in [6, 6.07) is 1.80. The van der Waals surface area contributed by atoms with Crippen molar-refractivity contribution in [3.8, 4) is 5.88 Å². The number of hydrogen-bond donors (Lipinski definition) is 1. The van der Waals surface area contributed by atoms with Crippen LogP contribution in [0.4, 0.5) is 0 Å². The van der Waals surface area contributed by atoms with E-state index in [0.717, 1.165) is 18.9 Å². The molecule has 0 aliphatic heterocycles. The Balaban J connectivity index is 2.30. The van der Waals surface area contributed by atoms with Gasteiger partial charge in [-0.3, -0.25) is 0 Å². The number of aromatic nitrogens is 2. The lowest BCUT2D eigenvalue weighted by molar-refractivity contribution is 0.305. The van der Waals surface area contributed by atoms with Gasteiger partial charge in [-0.25, -0.2) is 5.10 Å². The summed E-state index contributed by atoms with van der Waals surface area (Å²) >= 11 is 0. The van der Waals surface area contributed by atoms with Crippen molar-refractivity contribution in [2.45, 2.75) is 13.3 Å². The third-order valence-electron chi connectivity index (χ3n) is 0.937. The molecule has 0 fully saturated rings. The van der Waals surface area contributed by atoms with Gasteiger partial charge in [0.15, 0.2) is 0 Å². The molecule has 3 heteroatoms. The molecule has 0 aliphatic carbocycles. The van der Waals surface area contributed by atoms with Crippen molar-refractivity contribution in [1.82, 2.24) is 10.2 Å². The summed E-state index contributed by atoms with van der Waals surface area (Å²) in [6.45, 7) is 2.82. The lowest BCUT2D eigenvalue weighted by atomic mass is 10.5. The Morgan fingerprint density at radius 2 is 2.67 bits per heavy atom. The minimum absolute atomic E-state index is 0.747. The highest BCUT2D eigenvalue weighted by Gasteiger charge is 1.88. The number of aromatic amines is 1. The molecule has 0 atom stereocenters. The van der Waals surface area contributed by atoms with E-state index >= 15 is 0 Å². The van der Waals surface area contributed by atoms with Gasteiger partial charge in [0.05, 0.1) is 12.8 Å². The van der Waals surface area contributed by atoms with Gasteiger partial charge in [-0.05, 0) is 6.42 Å². The summed E-state index contributed by atoms with van der Waals surface area (Å²) < 4.78 is 5.18. The maximum Gasteiger partial charge on any atom is 0.208 e. The summed E-state index contributed by atoms with van der Waals surface area (Å²) in [5, 5.41) is 6.42. The van der Waals surface area contributed by atoms with Crippen molar-refractivity contribution in [2.24, 2.45) is 0 Å². The van der Waals surface area contributed by atoms with Crippen molar-refractivity contribution in [1.29, 1.82) is 0 Å². The smallest absolute Gasteiger partial charge is 0.208 e. The molecule has 0 aliphatic rings. The molecule has 0 aromatic carbocycles. The Bertz CT molecular complexity index is 148. The van der Waals surface area contributed by atoms with Crippen LogP contribution in [0.25, 0.3) is 0 Å². The first-order valence-electron chi connectivity index (χ1n) is 3.05. The van der Waals surface area contributed by atoms with Gasteiger partial charge < -0.3 is 4.74 Å². The summed E-state index contributed by atoms with van der Waals surface area (Å²) in [6.07, 6.45) is 2.70. The molecule has 0 radical (unpaired) electrons. The minimum Gasteiger partial charge on any atom is -0.478 e. The summed E-state index contributed by atoms with van der Waals surface area (Å²) in [5.74, 6) is 0.747. The molecule has 1 N–H and O–H groups in total. The largest absolute Gasteiger partial charge is 0.478 e. The molecule has 1 rings (SSSR count). The zero-order valence-electron chi connectivity index (χ0n) is 5.42. The van der Waals surface area contributed by atoms with Gasteiger partial charge in [0.1, 0.15) is 0 Å². The van der Waals surface area contributed by atoms with E-state index in [1.54, 1.807) is 12.3 Å². The van der Waals surface area contributed by atoms with E-state index in [-0.39, 0.29) is 0 Å².